The number of carbonyl (C=O) groups is 7. The molecule has 15 heteroatoms. The second-order valence-corrected chi connectivity index (χ2v) is 9.09. The number of ketones is 1. The Bertz CT molecular complexity index is 954. The van der Waals surface area contributed by atoms with Crippen molar-refractivity contribution in [2.45, 2.75) is 70.6 Å². The van der Waals surface area contributed by atoms with Gasteiger partial charge >= 0.3 is 5.97 Å². The van der Waals surface area contributed by atoms with Gasteiger partial charge in [-0.15, -0.1) is 0 Å². The standard InChI is InChI=1S/C23H37N7O8/c1-11-17(31)8-15(6-5-7-25-14(4)24)22(37)26-10-18(32)30-16(9-19(33)34)23(38)29-13(3)21(36)28-12(2)20(35)27-11/h11-13,15-16,25H,4-10,24H2,1-3H3,(H,26,37)(H,27,35)(H,28,36)(H,29,38)(H,30,32)(H,33,34)/t11?,12?,13?,15-,16+/m1/s1. The molecule has 3 unspecified atom stereocenters. The molecule has 1 saturated heterocycles. The van der Waals surface area contributed by atoms with E-state index >= 15 is 0 Å². The molecule has 0 bridgehead atoms. The van der Waals surface area contributed by atoms with Crippen LogP contribution in [0.3, 0.4) is 0 Å². The predicted molar refractivity (Wildman–Crippen MR) is 134 cm³/mol. The van der Waals surface area contributed by atoms with Gasteiger partial charge in [-0.05, 0) is 33.6 Å². The number of hydrogen-bond donors (Lipinski definition) is 8. The Morgan fingerprint density at radius 2 is 1.47 bits per heavy atom. The summed E-state index contributed by atoms with van der Waals surface area (Å²) in [5.41, 5.74) is 5.46. The van der Waals surface area contributed by atoms with Gasteiger partial charge in [0.05, 0.1) is 24.8 Å². The third kappa shape index (κ3) is 11.3. The summed E-state index contributed by atoms with van der Waals surface area (Å²) in [6.45, 7) is 7.42. The first-order valence-electron chi connectivity index (χ1n) is 12.1. The van der Waals surface area contributed by atoms with E-state index in [0.29, 0.717) is 13.0 Å². The first-order chi connectivity index (χ1) is 17.7. The van der Waals surface area contributed by atoms with E-state index in [2.05, 4.69) is 38.5 Å². The highest BCUT2D eigenvalue weighted by atomic mass is 16.4. The fourth-order valence-corrected chi connectivity index (χ4v) is 3.49. The summed E-state index contributed by atoms with van der Waals surface area (Å²) >= 11 is 0. The maximum absolute atomic E-state index is 12.8. The third-order valence-corrected chi connectivity index (χ3v) is 5.70. The number of carboxylic acids is 1. The maximum Gasteiger partial charge on any atom is 0.305 e. The Labute approximate surface area is 220 Å². The molecule has 0 aliphatic carbocycles. The van der Waals surface area contributed by atoms with Crippen molar-refractivity contribution in [3.63, 3.8) is 0 Å². The van der Waals surface area contributed by atoms with Crippen molar-refractivity contribution in [3.8, 4) is 0 Å². The Kier molecular flexibility index (Phi) is 12.7. The summed E-state index contributed by atoms with van der Waals surface area (Å²) in [5.74, 6) is -6.28. The van der Waals surface area contributed by atoms with Crippen molar-refractivity contribution in [2.75, 3.05) is 13.1 Å². The number of rotatable bonds is 7. The molecule has 0 aromatic rings. The van der Waals surface area contributed by atoms with Crippen LogP contribution in [-0.4, -0.2) is 83.7 Å². The minimum Gasteiger partial charge on any atom is -0.481 e. The van der Waals surface area contributed by atoms with Crippen LogP contribution < -0.4 is 37.6 Å². The molecule has 1 fully saturated rings. The zero-order valence-corrected chi connectivity index (χ0v) is 21.7. The van der Waals surface area contributed by atoms with E-state index < -0.39 is 84.3 Å². The molecular formula is C23H37N7O8. The van der Waals surface area contributed by atoms with E-state index in [1.165, 1.54) is 20.8 Å². The number of carboxylic acid groups (broad SMARTS) is 1. The smallest absolute Gasteiger partial charge is 0.305 e. The van der Waals surface area contributed by atoms with Gasteiger partial charge in [-0.3, -0.25) is 33.6 Å². The van der Waals surface area contributed by atoms with Gasteiger partial charge in [-0.2, -0.15) is 0 Å². The molecule has 1 heterocycles. The van der Waals surface area contributed by atoms with Crippen LogP contribution in [0.4, 0.5) is 0 Å². The zero-order valence-electron chi connectivity index (χ0n) is 21.7. The Morgan fingerprint density at radius 1 is 0.921 bits per heavy atom. The molecule has 9 N–H and O–H groups in total. The van der Waals surface area contributed by atoms with E-state index in [0.717, 1.165) is 0 Å². The van der Waals surface area contributed by atoms with Gasteiger partial charge in [0, 0.05) is 18.9 Å². The lowest BCUT2D eigenvalue weighted by Crippen LogP contribution is -2.57. The van der Waals surface area contributed by atoms with Gasteiger partial charge in [-0.1, -0.05) is 6.58 Å². The van der Waals surface area contributed by atoms with Crippen molar-refractivity contribution in [1.82, 2.24) is 31.9 Å². The van der Waals surface area contributed by atoms with E-state index in [1.807, 2.05) is 0 Å². The summed E-state index contributed by atoms with van der Waals surface area (Å²) in [6, 6.07) is -4.79. The minimum absolute atomic E-state index is 0.231. The molecule has 15 nitrogen and oxygen atoms in total. The van der Waals surface area contributed by atoms with E-state index in [4.69, 9.17) is 10.8 Å². The monoisotopic (exact) mass is 539 g/mol. The molecule has 212 valence electrons. The Morgan fingerprint density at radius 3 is 2.03 bits per heavy atom. The molecule has 0 saturated carbocycles. The fraction of sp³-hybridized carbons (Fsp3) is 0.609. The summed E-state index contributed by atoms with van der Waals surface area (Å²) in [5, 5.41) is 23.7. The molecular weight excluding hydrogens is 502 g/mol. The molecule has 1 rings (SSSR count). The van der Waals surface area contributed by atoms with Crippen LogP contribution in [0.5, 0.6) is 0 Å². The highest BCUT2D eigenvalue weighted by Gasteiger charge is 2.30. The number of carbonyl (C=O) groups excluding carboxylic acids is 6. The molecule has 0 radical (unpaired) electrons. The molecule has 0 aromatic heterocycles. The second kappa shape index (κ2) is 15.2. The van der Waals surface area contributed by atoms with Crippen molar-refractivity contribution in [3.05, 3.63) is 12.4 Å². The van der Waals surface area contributed by atoms with Gasteiger partial charge in [-0.25, -0.2) is 0 Å². The zero-order chi connectivity index (χ0) is 29.0. The quantitative estimate of drug-likeness (QED) is 0.152. The molecule has 0 spiro atoms. The predicted octanol–water partition coefficient (Wildman–Crippen LogP) is -3.04. The fourth-order valence-electron chi connectivity index (χ4n) is 3.49. The highest BCUT2D eigenvalue weighted by molar-refractivity contribution is 5.97. The van der Waals surface area contributed by atoms with Crippen LogP contribution in [-0.2, 0) is 33.6 Å². The van der Waals surface area contributed by atoms with Crippen molar-refractivity contribution < 1.29 is 38.7 Å². The lowest BCUT2D eigenvalue weighted by Gasteiger charge is -2.24. The number of aliphatic carboxylic acids is 1. The Balaban J connectivity index is 3.16. The number of amides is 5. The second-order valence-electron chi connectivity index (χ2n) is 9.09. The summed E-state index contributed by atoms with van der Waals surface area (Å²) in [4.78, 5) is 86.8. The average Bonchev–Trinajstić information content (AvgIpc) is 2.82. The van der Waals surface area contributed by atoms with Crippen LogP contribution in [0.15, 0.2) is 12.4 Å². The van der Waals surface area contributed by atoms with Gasteiger partial charge in [0.2, 0.25) is 29.5 Å². The Hall–Kier alpha value is -4.17. The topological polar surface area (TPSA) is 238 Å². The van der Waals surface area contributed by atoms with E-state index in [-0.39, 0.29) is 18.7 Å². The normalized spacial score (nSPS) is 26.4. The van der Waals surface area contributed by atoms with Gasteiger partial charge in [0.15, 0.2) is 5.78 Å². The summed E-state index contributed by atoms with van der Waals surface area (Å²) in [6.07, 6.45) is -0.376. The van der Waals surface area contributed by atoms with Crippen LogP contribution in [0, 0.1) is 5.92 Å². The molecule has 0 aromatic carbocycles. The van der Waals surface area contributed by atoms with Crippen LogP contribution >= 0.6 is 0 Å². The first-order valence-corrected chi connectivity index (χ1v) is 12.1. The lowest BCUT2D eigenvalue weighted by atomic mass is 9.93. The van der Waals surface area contributed by atoms with Crippen LogP contribution in [0.2, 0.25) is 0 Å². The van der Waals surface area contributed by atoms with E-state index in [1.54, 1.807) is 0 Å². The average molecular weight is 540 g/mol. The van der Waals surface area contributed by atoms with Gasteiger partial charge in [0.1, 0.15) is 18.1 Å². The molecule has 1 aliphatic heterocycles. The SMILES string of the molecule is C=C(N)NCCC[C@@H]1CC(=O)C(C)NC(=O)C(C)NC(=O)C(C)NC(=O)[C@H](CC(=O)O)NC(=O)CNC1=O. The third-order valence-electron chi connectivity index (χ3n) is 5.70. The summed E-state index contributed by atoms with van der Waals surface area (Å²) < 4.78 is 0. The largest absolute Gasteiger partial charge is 0.481 e. The van der Waals surface area contributed by atoms with Gasteiger partial charge in [0.25, 0.3) is 0 Å². The van der Waals surface area contributed by atoms with Gasteiger partial charge < -0.3 is 42.7 Å². The highest BCUT2D eigenvalue weighted by Crippen LogP contribution is 2.14. The number of Topliss-reactive ketones (excluding diaryl/α,β-unsaturated/α-hetero) is 1. The molecule has 1 aliphatic rings. The van der Waals surface area contributed by atoms with Crippen LogP contribution in [0.25, 0.3) is 0 Å². The summed E-state index contributed by atoms with van der Waals surface area (Å²) in [7, 11) is 0. The number of hydrogen-bond acceptors (Lipinski definition) is 9. The van der Waals surface area contributed by atoms with E-state index in [9.17, 15) is 33.6 Å². The van der Waals surface area contributed by atoms with Crippen molar-refractivity contribution >= 4 is 41.3 Å². The first kappa shape index (κ1) is 31.9. The minimum atomic E-state index is -1.54. The number of nitrogens with one attached hydrogen (secondary N) is 6. The maximum atomic E-state index is 12.8. The van der Waals surface area contributed by atoms with Crippen LogP contribution in [0.1, 0.15) is 46.5 Å². The molecule has 38 heavy (non-hydrogen) atoms. The number of nitrogens with two attached hydrogens (primary N) is 1. The van der Waals surface area contributed by atoms with Crippen molar-refractivity contribution in [2.24, 2.45) is 11.7 Å². The van der Waals surface area contributed by atoms with Crippen molar-refractivity contribution in [1.29, 1.82) is 0 Å². The molecule has 5 atom stereocenters. The molecule has 5 amide bonds. The lowest BCUT2D eigenvalue weighted by molar-refractivity contribution is -0.141.